The molecule has 110 valence electrons. The molecule has 0 unspecified atom stereocenters. The van der Waals surface area contributed by atoms with E-state index < -0.39 is 18.5 Å². The van der Waals surface area contributed by atoms with E-state index in [0.29, 0.717) is 20.3 Å². The summed E-state index contributed by atoms with van der Waals surface area (Å²) in [5, 5.41) is 18.5. The molecule has 4 N–H and O–H groups in total. The number of H-pyrrole nitrogens is 1. The second-order valence-electron chi connectivity index (χ2n) is 3.84. The van der Waals surface area contributed by atoms with E-state index >= 15 is 0 Å². The lowest BCUT2D eigenvalue weighted by atomic mass is 10.1. The fourth-order valence-electron chi connectivity index (χ4n) is 1.57. The van der Waals surface area contributed by atoms with Crippen molar-refractivity contribution >= 4 is 43.7 Å². The fraction of sp³-hybridized carbons (Fsp3) is 0.0909. The first-order chi connectivity index (χ1) is 9.90. The minimum atomic E-state index is -1.09. The number of benzene rings is 1. The van der Waals surface area contributed by atoms with E-state index in [0.717, 1.165) is 0 Å². The molecule has 0 fully saturated rings. The Morgan fingerprint density at radius 1 is 1.29 bits per heavy atom. The number of nitrogens with one attached hydrogen (secondary N) is 1. The summed E-state index contributed by atoms with van der Waals surface area (Å²) in [6.45, 7) is -0.479. The molecule has 0 aliphatic heterocycles. The van der Waals surface area contributed by atoms with Crippen molar-refractivity contribution in [3.05, 3.63) is 26.8 Å². The third kappa shape index (κ3) is 3.39. The van der Waals surface area contributed by atoms with Gasteiger partial charge in [0, 0.05) is 5.56 Å². The molecule has 0 spiro atoms. The molecule has 2 aromatic rings. The van der Waals surface area contributed by atoms with Crippen molar-refractivity contribution in [3.8, 4) is 17.0 Å². The van der Waals surface area contributed by atoms with Gasteiger partial charge in [-0.2, -0.15) is 15.4 Å². The minimum Gasteiger partial charge on any atom is -0.480 e. The Kier molecular flexibility index (Phi) is 4.58. The zero-order valence-electron chi connectivity index (χ0n) is 10.3. The van der Waals surface area contributed by atoms with Crippen molar-refractivity contribution in [2.24, 2.45) is 5.73 Å². The van der Waals surface area contributed by atoms with Crippen LogP contribution in [-0.2, 0) is 4.79 Å². The number of rotatable bonds is 5. The minimum absolute atomic E-state index is 0.00741. The zero-order valence-corrected chi connectivity index (χ0v) is 13.4. The van der Waals surface area contributed by atoms with Gasteiger partial charge in [-0.25, -0.2) is 4.79 Å². The number of hydrogen-bond donors (Lipinski definition) is 3. The highest BCUT2D eigenvalue weighted by Gasteiger charge is 2.18. The molecule has 8 nitrogen and oxygen atoms in total. The number of primary amides is 1. The van der Waals surface area contributed by atoms with Gasteiger partial charge < -0.3 is 15.6 Å². The van der Waals surface area contributed by atoms with Gasteiger partial charge in [0.1, 0.15) is 11.4 Å². The highest BCUT2D eigenvalue weighted by atomic mass is 79.9. The fourth-order valence-corrected chi connectivity index (χ4v) is 2.99. The molecule has 2 rings (SSSR count). The van der Waals surface area contributed by atoms with Crippen LogP contribution in [0.2, 0.25) is 0 Å². The monoisotopic (exact) mass is 418 g/mol. The Balaban J connectivity index is 2.42. The number of carboxylic acids is 1. The lowest BCUT2D eigenvalue weighted by molar-refractivity contribution is -0.139. The van der Waals surface area contributed by atoms with Crippen molar-refractivity contribution in [3.63, 3.8) is 0 Å². The molecule has 0 atom stereocenters. The molecule has 0 aliphatic carbocycles. The summed E-state index contributed by atoms with van der Waals surface area (Å²) in [5.74, 6) is -1.48. The number of nitrogens with two attached hydrogens (primary N) is 1. The van der Waals surface area contributed by atoms with Gasteiger partial charge in [0.05, 0.1) is 8.95 Å². The number of carboxylic acid groups (broad SMARTS) is 1. The van der Waals surface area contributed by atoms with E-state index in [1.165, 1.54) is 0 Å². The van der Waals surface area contributed by atoms with Crippen molar-refractivity contribution in [1.82, 2.24) is 15.4 Å². The molecule has 1 aromatic carbocycles. The van der Waals surface area contributed by atoms with Gasteiger partial charge in [0.25, 0.3) is 5.91 Å². The predicted molar refractivity (Wildman–Crippen MR) is 78.9 cm³/mol. The molecule has 1 amide bonds. The van der Waals surface area contributed by atoms with Crippen molar-refractivity contribution in [1.29, 1.82) is 0 Å². The molecule has 0 radical (unpaired) electrons. The maximum Gasteiger partial charge on any atom is 0.341 e. The van der Waals surface area contributed by atoms with E-state index in [-0.39, 0.29) is 11.4 Å². The van der Waals surface area contributed by atoms with Crippen LogP contribution in [-0.4, -0.2) is 39.0 Å². The van der Waals surface area contributed by atoms with Gasteiger partial charge >= 0.3 is 5.97 Å². The van der Waals surface area contributed by atoms with Gasteiger partial charge in [-0.3, -0.25) is 4.79 Å². The third-order valence-corrected chi connectivity index (χ3v) is 3.57. The largest absolute Gasteiger partial charge is 0.480 e. The smallest absolute Gasteiger partial charge is 0.341 e. The van der Waals surface area contributed by atoms with Crippen LogP contribution in [0.25, 0.3) is 11.3 Å². The Hall–Kier alpha value is -1.94. The van der Waals surface area contributed by atoms with Crippen molar-refractivity contribution in [2.75, 3.05) is 6.61 Å². The Bertz CT molecular complexity index is 693. The Morgan fingerprint density at radius 2 is 1.90 bits per heavy atom. The Labute approximate surface area is 134 Å². The van der Waals surface area contributed by atoms with Gasteiger partial charge in [0.2, 0.25) is 0 Å². The number of carbonyl (C=O) groups is 2. The SMILES string of the molecule is NC(=O)c1n[nH]nc1-c1cc(Br)c(OCC(=O)O)c(Br)c1. The number of hydrogen-bond acceptors (Lipinski definition) is 5. The molecular weight excluding hydrogens is 412 g/mol. The number of aliphatic carboxylic acids is 1. The molecule has 1 aromatic heterocycles. The molecule has 0 saturated carbocycles. The summed E-state index contributed by atoms with van der Waals surface area (Å²) in [5.41, 5.74) is 6.06. The average Bonchev–Trinajstić information content (AvgIpc) is 2.86. The summed E-state index contributed by atoms with van der Waals surface area (Å²) in [4.78, 5) is 21.8. The topological polar surface area (TPSA) is 131 Å². The van der Waals surface area contributed by atoms with Crippen LogP contribution in [0.15, 0.2) is 21.1 Å². The molecule has 21 heavy (non-hydrogen) atoms. The summed E-state index contributed by atoms with van der Waals surface area (Å²) in [6.07, 6.45) is 0. The predicted octanol–water partition coefficient (Wildman–Crippen LogP) is 1.56. The standard InChI is InChI=1S/C11H8Br2N4O4/c12-5-1-4(8-9(11(14)20)16-17-15-8)2-6(13)10(5)21-3-7(18)19/h1-2H,3H2,(H2,14,20)(H,18,19)(H,15,16,17). The lowest BCUT2D eigenvalue weighted by Gasteiger charge is -2.10. The number of halogens is 2. The number of amides is 1. The lowest BCUT2D eigenvalue weighted by Crippen LogP contribution is -2.13. The third-order valence-electron chi connectivity index (χ3n) is 2.39. The maximum absolute atomic E-state index is 11.3. The van der Waals surface area contributed by atoms with Crippen molar-refractivity contribution in [2.45, 2.75) is 0 Å². The van der Waals surface area contributed by atoms with E-state index in [4.69, 9.17) is 15.6 Å². The van der Waals surface area contributed by atoms with Crippen LogP contribution in [0.5, 0.6) is 5.75 Å². The quantitative estimate of drug-likeness (QED) is 0.673. The first kappa shape index (κ1) is 15.4. The number of nitrogens with zero attached hydrogens (tertiary/aromatic N) is 2. The van der Waals surface area contributed by atoms with Crippen LogP contribution in [0.1, 0.15) is 10.5 Å². The number of aromatic amines is 1. The highest BCUT2D eigenvalue weighted by Crippen LogP contribution is 2.37. The van der Waals surface area contributed by atoms with Crippen LogP contribution in [0.3, 0.4) is 0 Å². The summed E-state index contributed by atoms with van der Waals surface area (Å²) >= 11 is 6.55. The number of ether oxygens (including phenoxy) is 1. The van der Waals surface area contributed by atoms with Crippen LogP contribution in [0.4, 0.5) is 0 Å². The number of aromatic nitrogens is 3. The van der Waals surface area contributed by atoms with Gasteiger partial charge in [-0.05, 0) is 44.0 Å². The molecule has 0 saturated heterocycles. The van der Waals surface area contributed by atoms with Crippen LogP contribution >= 0.6 is 31.9 Å². The van der Waals surface area contributed by atoms with Crippen molar-refractivity contribution < 1.29 is 19.4 Å². The normalized spacial score (nSPS) is 10.4. The Morgan fingerprint density at radius 3 is 2.43 bits per heavy atom. The average molecular weight is 420 g/mol. The molecule has 0 bridgehead atoms. The molecule has 1 heterocycles. The maximum atomic E-state index is 11.3. The van der Waals surface area contributed by atoms with Gasteiger partial charge in [-0.1, -0.05) is 0 Å². The second-order valence-corrected chi connectivity index (χ2v) is 5.55. The van der Waals surface area contributed by atoms with E-state index in [1.807, 2.05) is 0 Å². The zero-order chi connectivity index (χ0) is 15.6. The summed E-state index contributed by atoms with van der Waals surface area (Å²) in [6, 6.07) is 3.23. The van der Waals surface area contributed by atoms with E-state index in [2.05, 4.69) is 47.3 Å². The first-order valence-corrected chi connectivity index (χ1v) is 7.03. The highest BCUT2D eigenvalue weighted by molar-refractivity contribution is 9.11. The number of carbonyl (C=O) groups excluding carboxylic acids is 1. The van der Waals surface area contributed by atoms with Gasteiger partial charge in [0.15, 0.2) is 12.3 Å². The van der Waals surface area contributed by atoms with Crippen LogP contribution < -0.4 is 10.5 Å². The van der Waals surface area contributed by atoms with Crippen LogP contribution in [0, 0.1) is 0 Å². The molecular formula is C11H8Br2N4O4. The second kappa shape index (κ2) is 6.22. The van der Waals surface area contributed by atoms with Gasteiger partial charge in [-0.15, -0.1) is 0 Å². The van der Waals surface area contributed by atoms with E-state index in [1.54, 1.807) is 12.1 Å². The molecule has 10 heteroatoms. The molecule has 0 aliphatic rings. The first-order valence-electron chi connectivity index (χ1n) is 5.44. The summed E-state index contributed by atoms with van der Waals surface area (Å²) in [7, 11) is 0. The van der Waals surface area contributed by atoms with E-state index in [9.17, 15) is 9.59 Å². The summed E-state index contributed by atoms with van der Waals surface area (Å²) < 4.78 is 6.13.